The SMILES string of the molecule is Cn1cc(C(=O)Nc2ccc(N)cc2)nn1. The molecule has 0 atom stereocenters. The number of aromatic nitrogens is 3. The number of nitrogens with zero attached hydrogens (tertiary/aromatic N) is 3. The van der Waals surface area contributed by atoms with Gasteiger partial charge >= 0.3 is 0 Å². The van der Waals surface area contributed by atoms with Crippen molar-refractivity contribution in [1.82, 2.24) is 15.0 Å². The van der Waals surface area contributed by atoms with Gasteiger partial charge in [-0.1, -0.05) is 5.21 Å². The number of carbonyl (C=O) groups excluding carboxylic acids is 1. The zero-order chi connectivity index (χ0) is 11.5. The van der Waals surface area contributed by atoms with Crippen molar-refractivity contribution < 1.29 is 4.79 Å². The van der Waals surface area contributed by atoms with E-state index in [1.54, 1.807) is 37.5 Å². The molecular formula is C10H11N5O. The quantitative estimate of drug-likeness (QED) is 0.723. The van der Waals surface area contributed by atoms with E-state index >= 15 is 0 Å². The molecule has 0 unspecified atom stereocenters. The van der Waals surface area contributed by atoms with Crippen LogP contribution in [0.3, 0.4) is 0 Å². The van der Waals surface area contributed by atoms with Gasteiger partial charge < -0.3 is 11.1 Å². The van der Waals surface area contributed by atoms with Crippen LogP contribution in [0, 0.1) is 0 Å². The van der Waals surface area contributed by atoms with Gasteiger partial charge in [-0.05, 0) is 24.3 Å². The summed E-state index contributed by atoms with van der Waals surface area (Å²) < 4.78 is 1.47. The van der Waals surface area contributed by atoms with E-state index in [1.165, 1.54) is 4.68 Å². The highest BCUT2D eigenvalue weighted by molar-refractivity contribution is 6.02. The molecule has 0 fully saturated rings. The van der Waals surface area contributed by atoms with E-state index in [-0.39, 0.29) is 11.6 Å². The van der Waals surface area contributed by atoms with Crippen LogP contribution in [0.4, 0.5) is 11.4 Å². The molecule has 6 nitrogen and oxygen atoms in total. The predicted octanol–water partition coefficient (Wildman–Crippen LogP) is 0.650. The van der Waals surface area contributed by atoms with E-state index in [0.717, 1.165) is 0 Å². The van der Waals surface area contributed by atoms with E-state index in [2.05, 4.69) is 15.6 Å². The number of hydrogen-bond donors (Lipinski definition) is 2. The molecule has 6 heteroatoms. The number of benzene rings is 1. The summed E-state index contributed by atoms with van der Waals surface area (Å²) >= 11 is 0. The van der Waals surface area contributed by atoms with Gasteiger partial charge in [0.05, 0.1) is 6.20 Å². The van der Waals surface area contributed by atoms with Crippen molar-refractivity contribution in [2.45, 2.75) is 0 Å². The summed E-state index contributed by atoms with van der Waals surface area (Å²) in [6.45, 7) is 0. The Balaban J connectivity index is 2.10. The highest BCUT2D eigenvalue weighted by Crippen LogP contribution is 2.11. The maximum absolute atomic E-state index is 11.7. The van der Waals surface area contributed by atoms with Gasteiger partial charge in [0.1, 0.15) is 0 Å². The second-order valence-corrected chi connectivity index (χ2v) is 3.35. The van der Waals surface area contributed by atoms with Gasteiger partial charge in [-0.2, -0.15) is 0 Å². The first kappa shape index (κ1) is 10.2. The molecule has 16 heavy (non-hydrogen) atoms. The molecular weight excluding hydrogens is 206 g/mol. The minimum Gasteiger partial charge on any atom is -0.399 e. The molecule has 82 valence electrons. The first-order valence-electron chi connectivity index (χ1n) is 4.68. The van der Waals surface area contributed by atoms with Crippen LogP contribution in [-0.2, 0) is 7.05 Å². The van der Waals surface area contributed by atoms with Gasteiger partial charge in [-0.3, -0.25) is 9.48 Å². The minimum atomic E-state index is -0.294. The summed E-state index contributed by atoms with van der Waals surface area (Å²) in [6.07, 6.45) is 1.55. The average Bonchev–Trinajstić information content (AvgIpc) is 2.68. The normalized spacial score (nSPS) is 10.1. The Kier molecular flexibility index (Phi) is 2.55. The Morgan fingerprint density at radius 3 is 2.62 bits per heavy atom. The maximum atomic E-state index is 11.7. The third-order valence-electron chi connectivity index (χ3n) is 2.00. The van der Waals surface area contributed by atoms with E-state index in [9.17, 15) is 4.79 Å². The maximum Gasteiger partial charge on any atom is 0.277 e. The van der Waals surface area contributed by atoms with Crippen LogP contribution in [-0.4, -0.2) is 20.9 Å². The Labute approximate surface area is 92.1 Å². The van der Waals surface area contributed by atoms with Gasteiger partial charge in [-0.15, -0.1) is 5.10 Å². The van der Waals surface area contributed by atoms with Gasteiger partial charge in [0.2, 0.25) is 0 Å². The van der Waals surface area contributed by atoms with Crippen LogP contribution in [0.5, 0.6) is 0 Å². The van der Waals surface area contributed by atoms with Gasteiger partial charge in [0.25, 0.3) is 5.91 Å². The lowest BCUT2D eigenvalue weighted by Crippen LogP contribution is -2.12. The van der Waals surface area contributed by atoms with Crippen LogP contribution in [0.2, 0.25) is 0 Å². The number of aryl methyl sites for hydroxylation is 1. The first-order valence-corrected chi connectivity index (χ1v) is 4.68. The molecule has 2 rings (SSSR count). The van der Waals surface area contributed by atoms with Gasteiger partial charge in [0, 0.05) is 18.4 Å². The highest BCUT2D eigenvalue weighted by Gasteiger charge is 2.09. The summed E-state index contributed by atoms with van der Waals surface area (Å²) in [7, 11) is 1.70. The molecule has 0 saturated carbocycles. The molecule has 1 amide bonds. The van der Waals surface area contributed by atoms with E-state index in [1.807, 2.05) is 0 Å². The fourth-order valence-electron chi connectivity index (χ4n) is 1.21. The van der Waals surface area contributed by atoms with Gasteiger partial charge in [-0.25, -0.2) is 0 Å². The Bertz CT molecular complexity index is 502. The third-order valence-corrected chi connectivity index (χ3v) is 2.00. The Morgan fingerprint density at radius 2 is 2.06 bits per heavy atom. The van der Waals surface area contributed by atoms with Crippen LogP contribution >= 0.6 is 0 Å². The summed E-state index contributed by atoms with van der Waals surface area (Å²) in [4.78, 5) is 11.7. The lowest BCUT2D eigenvalue weighted by molar-refractivity contribution is 0.102. The molecule has 1 aromatic heterocycles. The van der Waals surface area contributed by atoms with Crippen LogP contribution < -0.4 is 11.1 Å². The summed E-state index contributed by atoms with van der Waals surface area (Å²) in [5.41, 5.74) is 7.13. The lowest BCUT2D eigenvalue weighted by Gasteiger charge is -2.02. The summed E-state index contributed by atoms with van der Waals surface area (Å²) in [6, 6.07) is 6.88. The third kappa shape index (κ3) is 2.17. The number of carbonyl (C=O) groups is 1. The molecule has 3 N–H and O–H groups in total. The fourth-order valence-corrected chi connectivity index (χ4v) is 1.21. The number of rotatable bonds is 2. The van der Waals surface area contributed by atoms with Crippen LogP contribution in [0.15, 0.2) is 30.5 Å². The molecule has 0 bridgehead atoms. The zero-order valence-corrected chi connectivity index (χ0v) is 8.71. The fraction of sp³-hybridized carbons (Fsp3) is 0.100. The zero-order valence-electron chi connectivity index (χ0n) is 8.71. The molecule has 1 aromatic carbocycles. The molecule has 2 aromatic rings. The Hall–Kier alpha value is -2.37. The second kappa shape index (κ2) is 4.01. The number of anilines is 2. The lowest BCUT2D eigenvalue weighted by atomic mass is 10.3. The monoisotopic (exact) mass is 217 g/mol. The van der Waals surface area contributed by atoms with Crippen molar-refractivity contribution >= 4 is 17.3 Å². The molecule has 0 aliphatic heterocycles. The predicted molar refractivity (Wildman–Crippen MR) is 59.8 cm³/mol. The molecule has 0 saturated heterocycles. The topological polar surface area (TPSA) is 85.8 Å². The van der Waals surface area contributed by atoms with E-state index < -0.39 is 0 Å². The van der Waals surface area contributed by atoms with Crippen LogP contribution in [0.25, 0.3) is 0 Å². The number of nitrogen functional groups attached to an aromatic ring is 1. The Morgan fingerprint density at radius 1 is 1.38 bits per heavy atom. The second-order valence-electron chi connectivity index (χ2n) is 3.35. The van der Waals surface area contributed by atoms with Gasteiger partial charge in [0.15, 0.2) is 5.69 Å². The largest absolute Gasteiger partial charge is 0.399 e. The average molecular weight is 217 g/mol. The molecule has 1 heterocycles. The number of hydrogen-bond acceptors (Lipinski definition) is 4. The summed E-state index contributed by atoms with van der Waals surface area (Å²) in [5, 5.41) is 10.1. The number of nitrogens with two attached hydrogens (primary N) is 1. The van der Waals surface area contributed by atoms with Crippen molar-refractivity contribution in [3.63, 3.8) is 0 Å². The van der Waals surface area contributed by atoms with Crippen molar-refractivity contribution in [2.24, 2.45) is 7.05 Å². The number of nitrogens with one attached hydrogen (secondary N) is 1. The summed E-state index contributed by atoms with van der Waals surface area (Å²) in [5.74, 6) is -0.294. The van der Waals surface area contributed by atoms with E-state index in [0.29, 0.717) is 11.4 Å². The minimum absolute atomic E-state index is 0.277. The molecule has 0 aliphatic rings. The molecule has 0 aliphatic carbocycles. The van der Waals surface area contributed by atoms with Crippen molar-refractivity contribution in [3.8, 4) is 0 Å². The molecule has 0 spiro atoms. The first-order chi connectivity index (χ1) is 7.65. The highest BCUT2D eigenvalue weighted by atomic mass is 16.2. The molecule has 0 radical (unpaired) electrons. The standard InChI is InChI=1S/C10H11N5O/c1-15-6-9(13-14-15)10(16)12-8-4-2-7(11)3-5-8/h2-6H,11H2,1H3,(H,12,16). The van der Waals surface area contributed by atoms with Crippen LogP contribution in [0.1, 0.15) is 10.5 Å². The van der Waals surface area contributed by atoms with Crippen molar-refractivity contribution in [1.29, 1.82) is 0 Å². The van der Waals surface area contributed by atoms with Crippen molar-refractivity contribution in [2.75, 3.05) is 11.1 Å². The van der Waals surface area contributed by atoms with E-state index in [4.69, 9.17) is 5.73 Å². The van der Waals surface area contributed by atoms with Crippen molar-refractivity contribution in [3.05, 3.63) is 36.2 Å². The smallest absolute Gasteiger partial charge is 0.277 e. The number of amides is 1.